The molecular formula is C11H12ClNO3. The third-order valence-corrected chi connectivity index (χ3v) is 2.36. The number of hydrogen-bond acceptors (Lipinski definition) is 3. The van der Waals surface area contributed by atoms with Crippen LogP contribution in [0, 0.1) is 0 Å². The zero-order valence-electron chi connectivity index (χ0n) is 9.07. The van der Waals surface area contributed by atoms with Crippen LogP contribution in [0.4, 0.5) is 0 Å². The van der Waals surface area contributed by atoms with E-state index in [4.69, 9.17) is 16.3 Å². The Morgan fingerprint density at radius 3 is 2.81 bits per heavy atom. The maximum Gasteiger partial charge on any atom is 0.286 e. The lowest BCUT2D eigenvalue weighted by Gasteiger charge is -2.16. The summed E-state index contributed by atoms with van der Waals surface area (Å²) in [6, 6.07) is 5.12. The van der Waals surface area contributed by atoms with Gasteiger partial charge in [-0.2, -0.15) is 0 Å². The number of methoxy groups -OCH3 is 1. The van der Waals surface area contributed by atoms with E-state index >= 15 is 0 Å². The van der Waals surface area contributed by atoms with Gasteiger partial charge in [-0.15, -0.1) is 0 Å². The third-order valence-electron chi connectivity index (χ3n) is 2.13. The monoisotopic (exact) mass is 241 g/mol. The van der Waals surface area contributed by atoms with Gasteiger partial charge in [0.25, 0.3) is 5.91 Å². The van der Waals surface area contributed by atoms with Gasteiger partial charge in [-0.25, -0.2) is 0 Å². The first-order valence-electron chi connectivity index (χ1n) is 4.61. The van der Waals surface area contributed by atoms with Crippen molar-refractivity contribution >= 4 is 23.8 Å². The number of amides is 1. The molecule has 1 aromatic rings. The lowest BCUT2D eigenvalue weighted by atomic mass is 10.2. The van der Waals surface area contributed by atoms with Crippen LogP contribution in [0.2, 0.25) is 5.02 Å². The average molecular weight is 242 g/mol. The van der Waals surface area contributed by atoms with Gasteiger partial charge in [0.1, 0.15) is 5.75 Å². The third kappa shape index (κ3) is 2.97. The number of carbonyl (C=O) groups is 2. The summed E-state index contributed by atoms with van der Waals surface area (Å²) < 4.78 is 5.13. The summed E-state index contributed by atoms with van der Waals surface area (Å²) in [5.74, 6) is 0.0528. The quantitative estimate of drug-likeness (QED) is 0.593. The molecule has 0 radical (unpaired) electrons. The van der Waals surface area contributed by atoms with Crippen LogP contribution in [0.5, 0.6) is 5.75 Å². The van der Waals surface area contributed by atoms with Crippen LogP contribution in [0.25, 0.3) is 0 Å². The Bertz CT molecular complexity index is 406. The fraction of sp³-hybridized carbons (Fsp3) is 0.273. The minimum atomic E-state index is -0.581. The fourth-order valence-electron chi connectivity index (χ4n) is 1.29. The summed E-state index contributed by atoms with van der Waals surface area (Å²) in [4.78, 5) is 22.7. The SMILES string of the molecule is COc1ccc(Cl)cc1CN(C)C(=O)C=O. The topological polar surface area (TPSA) is 46.6 Å². The number of rotatable bonds is 4. The number of ether oxygens (including phenoxy) is 1. The molecule has 0 N–H and O–H groups in total. The lowest BCUT2D eigenvalue weighted by molar-refractivity contribution is -0.138. The van der Waals surface area contributed by atoms with Gasteiger partial charge in [-0.3, -0.25) is 9.59 Å². The number of carbonyl (C=O) groups excluding carboxylic acids is 2. The van der Waals surface area contributed by atoms with Crippen molar-refractivity contribution in [1.82, 2.24) is 4.90 Å². The van der Waals surface area contributed by atoms with Crippen molar-refractivity contribution in [2.24, 2.45) is 0 Å². The second-order valence-corrected chi connectivity index (χ2v) is 3.70. The summed E-state index contributed by atoms with van der Waals surface area (Å²) in [5.41, 5.74) is 0.757. The van der Waals surface area contributed by atoms with Crippen molar-refractivity contribution in [3.63, 3.8) is 0 Å². The molecule has 86 valence electrons. The molecule has 4 nitrogen and oxygen atoms in total. The molecule has 0 aliphatic heterocycles. The number of halogens is 1. The van der Waals surface area contributed by atoms with Crippen LogP contribution in [0.3, 0.4) is 0 Å². The van der Waals surface area contributed by atoms with E-state index < -0.39 is 5.91 Å². The molecular weight excluding hydrogens is 230 g/mol. The standard InChI is InChI=1S/C11H12ClNO3/c1-13(11(15)7-14)6-8-5-9(12)3-4-10(8)16-2/h3-5,7H,6H2,1-2H3. The van der Waals surface area contributed by atoms with Gasteiger partial charge in [-0.05, 0) is 18.2 Å². The predicted molar refractivity (Wildman–Crippen MR) is 60.5 cm³/mol. The van der Waals surface area contributed by atoms with Gasteiger partial charge < -0.3 is 9.64 Å². The molecule has 0 atom stereocenters. The Labute approximate surface area is 98.8 Å². The number of benzene rings is 1. The molecule has 0 aromatic heterocycles. The summed E-state index contributed by atoms with van der Waals surface area (Å²) in [6.45, 7) is 0.279. The van der Waals surface area contributed by atoms with Crippen LogP contribution in [0.15, 0.2) is 18.2 Å². The Kier molecular flexibility index (Phi) is 4.31. The first-order valence-corrected chi connectivity index (χ1v) is 4.99. The van der Waals surface area contributed by atoms with Crippen molar-refractivity contribution < 1.29 is 14.3 Å². The van der Waals surface area contributed by atoms with Gasteiger partial charge >= 0.3 is 0 Å². The largest absolute Gasteiger partial charge is 0.496 e. The second-order valence-electron chi connectivity index (χ2n) is 3.27. The number of aldehydes is 1. The fourth-order valence-corrected chi connectivity index (χ4v) is 1.49. The first kappa shape index (κ1) is 12.5. The van der Waals surface area contributed by atoms with E-state index in [0.29, 0.717) is 10.8 Å². The Morgan fingerprint density at radius 2 is 2.25 bits per heavy atom. The van der Waals surface area contributed by atoms with Crippen molar-refractivity contribution in [3.8, 4) is 5.75 Å². The van der Waals surface area contributed by atoms with Gasteiger partial charge in [0, 0.05) is 24.2 Å². The average Bonchev–Trinajstić information content (AvgIpc) is 2.28. The highest BCUT2D eigenvalue weighted by Gasteiger charge is 2.11. The van der Waals surface area contributed by atoms with Gasteiger partial charge in [0.15, 0.2) is 0 Å². The molecule has 0 spiro atoms. The molecule has 0 unspecified atom stereocenters. The Morgan fingerprint density at radius 1 is 1.56 bits per heavy atom. The zero-order chi connectivity index (χ0) is 12.1. The highest BCUT2D eigenvalue weighted by Crippen LogP contribution is 2.23. The molecule has 0 saturated carbocycles. The van der Waals surface area contributed by atoms with Crippen molar-refractivity contribution in [2.75, 3.05) is 14.2 Å². The van der Waals surface area contributed by atoms with Crippen LogP contribution in [0.1, 0.15) is 5.56 Å². The van der Waals surface area contributed by atoms with Crippen LogP contribution in [-0.2, 0) is 16.1 Å². The molecule has 0 fully saturated rings. The van der Waals surface area contributed by atoms with E-state index in [0.717, 1.165) is 5.56 Å². The maximum atomic E-state index is 11.1. The van der Waals surface area contributed by atoms with E-state index in [1.807, 2.05) is 0 Å². The molecule has 5 heteroatoms. The smallest absolute Gasteiger partial charge is 0.286 e. The Balaban J connectivity index is 2.90. The molecule has 1 rings (SSSR count). The van der Waals surface area contributed by atoms with Crippen molar-refractivity contribution in [1.29, 1.82) is 0 Å². The van der Waals surface area contributed by atoms with E-state index in [1.165, 1.54) is 19.1 Å². The van der Waals surface area contributed by atoms with E-state index in [-0.39, 0.29) is 12.8 Å². The molecule has 0 heterocycles. The highest BCUT2D eigenvalue weighted by atomic mass is 35.5. The van der Waals surface area contributed by atoms with Crippen LogP contribution in [-0.4, -0.2) is 31.3 Å². The molecule has 0 bridgehead atoms. The van der Waals surface area contributed by atoms with Gasteiger partial charge in [0.05, 0.1) is 7.11 Å². The normalized spacial score (nSPS) is 9.69. The predicted octanol–water partition coefficient (Wildman–Crippen LogP) is 1.51. The van der Waals surface area contributed by atoms with Crippen molar-refractivity contribution in [2.45, 2.75) is 6.54 Å². The summed E-state index contributed by atoms with van der Waals surface area (Å²) in [5, 5.41) is 0.558. The van der Waals surface area contributed by atoms with E-state index in [1.54, 1.807) is 18.2 Å². The van der Waals surface area contributed by atoms with Crippen molar-refractivity contribution in [3.05, 3.63) is 28.8 Å². The highest BCUT2D eigenvalue weighted by molar-refractivity contribution is 6.30. The number of likely N-dealkylation sites (N-methyl/N-ethyl adjacent to an activating group) is 1. The van der Waals surface area contributed by atoms with E-state index in [9.17, 15) is 9.59 Å². The molecule has 0 aliphatic carbocycles. The van der Waals surface area contributed by atoms with Crippen LogP contribution >= 0.6 is 11.6 Å². The molecule has 0 aliphatic rings. The maximum absolute atomic E-state index is 11.1. The minimum Gasteiger partial charge on any atom is -0.496 e. The lowest BCUT2D eigenvalue weighted by Crippen LogP contribution is -2.27. The first-order chi connectivity index (χ1) is 7.58. The number of nitrogens with zero attached hydrogens (tertiary/aromatic N) is 1. The zero-order valence-corrected chi connectivity index (χ0v) is 9.82. The summed E-state index contributed by atoms with van der Waals surface area (Å²) in [6.07, 6.45) is 0.275. The van der Waals surface area contributed by atoms with Crippen LogP contribution < -0.4 is 4.74 Å². The summed E-state index contributed by atoms with van der Waals surface area (Å²) >= 11 is 5.84. The summed E-state index contributed by atoms with van der Waals surface area (Å²) in [7, 11) is 3.07. The molecule has 1 aromatic carbocycles. The minimum absolute atomic E-state index is 0.275. The van der Waals surface area contributed by atoms with Gasteiger partial charge in [-0.1, -0.05) is 11.6 Å². The van der Waals surface area contributed by atoms with E-state index in [2.05, 4.69) is 0 Å². The number of hydrogen-bond donors (Lipinski definition) is 0. The molecule has 16 heavy (non-hydrogen) atoms. The Hall–Kier alpha value is -1.55. The van der Waals surface area contributed by atoms with Gasteiger partial charge in [0.2, 0.25) is 6.29 Å². The second kappa shape index (κ2) is 5.51. The molecule has 1 amide bonds. The molecule has 0 saturated heterocycles.